The van der Waals surface area contributed by atoms with E-state index in [1.54, 1.807) is 12.4 Å². The quantitative estimate of drug-likeness (QED) is 0.852. The number of aryl methyl sites for hydroxylation is 1. The lowest BCUT2D eigenvalue weighted by Gasteiger charge is -2.15. The first-order chi connectivity index (χ1) is 9.75. The van der Waals surface area contributed by atoms with Crippen LogP contribution in [0.3, 0.4) is 0 Å². The Morgan fingerprint density at radius 3 is 2.95 bits per heavy atom. The van der Waals surface area contributed by atoms with E-state index in [-0.39, 0.29) is 12.0 Å². The van der Waals surface area contributed by atoms with Crippen LogP contribution in [0.15, 0.2) is 23.0 Å². The van der Waals surface area contributed by atoms with Gasteiger partial charge in [-0.2, -0.15) is 4.98 Å². The molecule has 2 unspecified atom stereocenters. The largest absolute Gasteiger partial charge is 0.392 e. The Hall–Kier alpha value is -1.75. The van der Waals surface area contributed by atoms with E-state index in [9.17, 15) is 5.11 Å². The second-order valence-electron chi connectivity index (χ2n) is 5.46. The third kappa shape index (κ3) is 2.58. The molecule has 106 valence electrons. The van der Waals surface area contributed by atoms with Crippen LogP contribution in [0, 0.1) is 6.92 Å². The van der Waals surface area contributed by atoms with Crippen molar-refractivity contribution < 1.29 is 9.63 Å². The molecule has 0 radical (unpaired) electrons. The highest BCUT2D eigenvalue weighted by atomic mass is 16.5. The molecule has 3 rings (SSSR count). The maximum atomic E-state index is 10.2. The highest BCUT2D eigenvalue weighted by Gasteiger charge is 2.28. The molecule has 1 aliphatic rings. The molecule has 5 heteroatoms. The summed E-state index contributed by atoms with van der Waals surface area (Å²) in [5.74, 6) is 1.11. The molecule has 0 bridgehead atoms. The van der Waals surface area contributed by atoms with Crippen molar-refractivity contribution in [2.75, 3.05) is 0 Å². The smallest absolute Gasteiger partial charge is 0.232 e. The van der Waals surface area contributed by atoms with Gasteiger partial charge in [-0.15, -0.1) is 0 Å². The van der Waals surface area contributed by atoms with Gasteiger partial charge in [0.1, 0.15) is 0 Å². The lowest BCUT2D eigenvalue weighted by atomic mass is 9.97. The number of aliphatic hydroxyl groups excluding tert-OH is 1. The van der Waals surface area contributed by atoms with Crippen LogP contribution in [-0.2, 0) is 0 Å². The fraction of sp³-hybridized carbons (Fsp3) is 0.533. The number of hydrogen-bond acceptors (Lipinski definition) is 5. The Labute approximate surface area is 118 Å². The third-order valence-electron chi connectivity index (χ3n) is 4.00. The number of aliphatic hydroxyl groups is 1. The van der Waals surface area contributed by atoms with Gasteiger partial charge in [0.05, 0.1) is 12.0 Å². The van der Waals surface area contributed by atoms with Crippen molar-refractivity contribution in [1.82, 2.24) is 15.1 Å². The molecule has 0 aromatic carbocycles. The van der Waals surface area contributed by atoms with Crippen LogP contribution in [0.25, 0.3) is 11.4 Å². The van der Waals surface area contributed by atoms with Gasteiger partial charge in [0.25, 0.3) is 0 Å². The van der Waals surface area contributed by atoms with Crippen molar-refractivity contribution in [3.63, 3.8) is 0 Å². The maximum absolute atomic E-state index is 10.2. The Bertz CT molecular complexity index is 582. The van der Waals surface area contributed by atoms with Gasteiger partial charge in [-0.05, 0) is 31.4 Å². The Morgan fingerprint density at radius 1 is 1.25 bits per heavy atom. The number of rotatable bonds is 2. The summed E-state index contributed by atoms with van der Waals surface area (Å²) in [7, 11) is 0. The van der Waals surface area contributed by atoms with Gasteiger partial charge in [0.15, 0.2) is 0 Å². The fourth-order valence-electron chi connectivity index (χ4n) is 2.80. The third-order valence-corrected chi connectivity index (χ3v) is 4.00. The highest BCUT2D eigenvalue weighted by molar-refractivity contribution is 5.57. The molecule has 1 aliphatic carbocycles. The van der Waals surface area contributed by atoms with Crippen LogP contribution in [0.4, 0.5) is 0 Å². The van der Waals surface area contributed by atoms with E-state index in [1.165, 1.54) is 0 Å². The second-order valence-corrected chi connectivity index (χ2v) is 5.46. The van der Waals surface area contributed by atoms with Crippen LogP contribution in [-0.4, -0.2) is 26.3 Å². The molecular weight excluding hydrogens is 254 g/mol. The number of nitrogens with zero attached hydrogens (tertiary/aromatic N) is 3. The molecule has 2 atom stereocenters. The second kappa shape index (κ2) is 5.71. The Kier molecular flexibility index (Phi) is 3.78. The van der Waals surface area contributed by atoms with Gasteiger partial charge < -0.3 is 9.63 Å². The first kappa shape index (κ1) is 13.2. The average molecular weight is 273 g/mol. The van der Waals surface area contributed by atoms with Crippen molar-refractivity contribution in [2.45, 2.75) is 51.0 Å². The molecular formula is C15H19N3O2. The van der Waals surface area contributed by atoms with Crippen LogP contribution >= 0.6 is 0 Å². The average Bonchev–Trinajstić information content (AvgIpc) is 2.82. The van der Waals surface area contributed by atoms with Gasteiger partial charge in [0, 0.05) is 18.0 Å². The van der Waals surface area contributed by atoms with Crippen molar-refractivity contribution in [2.24, 2.45) is 0 Å². The highest BCUT2D eigenvalue weighted by Crippen LogP contribution is 2.32. The minimum absolute atomic E-state index is 0.0270. The van der Waals surface area contributed by atoms with Crippen molar-refractivity contribution in [3.8, 4) is 11.4 Å². The van der Waals surface area contributed by atoms with E-state index in [0.717, 1.165) is 43.2 Å². The molecule has 2 heterocycles. The van der Waals surface area contributed by atoms with Crippen LogP contribution in [0.1, 0.15) is 49.5 Å². The van der Waals surface area contributed by atoms with Crippen molar-refractivity contribution in [3.05, 3.63) is 29.9 Å². The first-order valence-corrected chi connectivity index (χ1v) is 7.18. The molecule has 5 nitrogen and oxygen atoms in total. The van der Waals surface area contributed by atoms with Crippen molar-refractivity contribution in [1.29, 1.82) is 0 Å². The normalized spacial score (nSPS) is 23.5. The molecule has 1 saturated carbocycles. The van der Waals surface area contributed by atoms with Gasteiger partial charge in [-0.3, -0.25) is 4.98 Å². The lowest BCUT2D eigenvalue weighted by Crippen LogP contribution is -2.17. The maximum Gasteiger partial charge on any atom is 0.232 e. The van der Waals surface area contributed by atoms with E-state index in [0.29, 0.717) is 11.7 Å². The van der Waals surface area contributed by atoms with E-state index in [1.807, 2.05) is 13.0 Å². The molecule has 0 aliphatic heterocycles. The first-order valence-electron chi connectivity index (χ1n) is 7.18. The zero-order valence-electron chi connectivity index (χ0n) is 11.6. The number of pyridine rings is 1. The van der Waals surface area contributed by atoms with Crippen molar-refractivity contribution >= 4 is 0 Å². The lowest BCUT2D eigenvalue weighted by molar-refractivity contribution is 0.119. The number of aromatic nitrogens is 3. The van der Waals surface area contributed by atoms with E-state index < -0.39 is 0 Å². The summed E-state index contributed by atoms with van der Waals surface area (Å²) in [5.41, 5.74) is 1.94. The van der Waals surface area contributed by atoms with Gasteiger partial charge in [0.2, 0.25) is 11.7 Å². The summed E-state index contributed by atoms with van der Waals surface area (Å²) in [5, 5.41) is 14.3. The molecule has 0 amide bonds. The van der Waals surface area contributed by atoms with E-state index >= 15 is 0 Å². The SMILES string of the molecule is Cc1cnccc1-c1noc(C2CCCCCC2O)n1. The van der Waals surface area contributed by atoms with E-state index in [4.69, 9.17) is 4.52 Å². The molecule has 2 aromatic heterocycles. The zero-order chi connectivity index (χ0) is 13.9. The molecule has 1 fully saturated rings. The fourth-order valence-corrected chi connectivity index (χ4v) is 2.80. The van der Waals surface area contributed by atoms with E-state index in [2.05, 4.69) is 15.1 Å². The minimum atomic E-state index is -0.371. The van der Waals surface area contributed by atoms with Gasteiger partial charge >= 0.3 is 0 Å². The molecule has 0 spiro atoms. The summed E-state index contributed by atoms with van der Waals surface area (Å²) in [6, 6.07) is 1.88. The summed E-state index contributed by atoms with van der Waals surface area (Å²) in [6.45, 7) is 1.97. The molecule has 0 saturated heterocycles. The Balaban J connectivity index is 1.88. The predicted octanol–water partition coefficient (Wildman–Crippen LogP) is 2.85. The van der Waals surface area contributed by atoms with Gasteiger partial charge in [-0.25, -0.2) is 0 Å². The Morgan fingerprint density at radius 2 is 2.10 bits per heavy atom. The van der Waals surface area contributed by atoms with Gasteiger partial charge in [-0.1, -0.05) is 24.4 Å². The summed E-state index contributed by atoms with van der Waals surface area (Å²) in [6.07, 6.45) is 8.21. The molecule has 1 N–H and O–H groups in total. The van der Waals surface area contributed by atoms with Crippen LogP contribution in [0.2, 0.25) is 0 Å². The summed E-state index contributed by atoms with van der Waals surface area (Å²) < 4.78 is 5.40. The topological polar surface area (TPSA) is 72.0 Å². The summed E-state index contributed by atoms with van der Waals surface area (Å²) >= 11 is 0. The standard InChI is InChI=1S/C15H19N3O2/c1-10-9-16-8-7-11(10)14-17-15(20-18-14)12-5-3-2-4-6-13(12)19/h7-9,12-13,19H,2-6H2,1H3. The predicted molar refractivity (Wildman–Crippen MR) is 74.1 cm³/mol. The molecule has 2 aromatic rings. The summed E-state index contributed by atoms with van der Waals surface area (Å²) in [4.78, 5) is 8.56. The monoisotopic (exact) mass is 273 g/mol. The zero-order valence-corrected chi connectivity index (χ0v) is 11.6. The molecule has 20 heavy (non-hydrogen) atoms. The van der Waals surface area contributed by atoms with Crippen LogP contribution in [0.5, 0.6) is 0 Å². The minimum Gasteiger partial charge on any atom is -0.392 e. The van der Waals surface area contributed by atoms with Crippen LogP contribution < -0.4 is 0 Å². The number of hydrogen-bond donors (Lipinski definition) is 1.